The molecule has 2 rings (SSSR count). The number of rotatable bonds is 4. The Kier molecular flexibility index (Phi) is 6.12. The summed E-state index contributed by atoms with van der Waals surface area (Å²) in [5.74, 6) is 0. The molecule has 0 saturated heterocycles. The molecule has 0 amide bonds. The van der Waals surface area contributed by atoms with Gasteiger partial charge < -0.3 is 5.32 Å². The molecule has 1 N–H and O–H groups in total. The highest BCUT2D eigenvalue weighted by Crippen LogP contribution is 2.31. The Morgan fingerprint density at radius 2 is 2.00 bits per heavy atom. The second-order valence-electron chi connectivity index (χ2n) is 5.72. The van der Waals surface area contributed by atoms with Gasteiger partial charge in [-0.05, 0) is 62.4 Å². The van der Waals surface area contributed by atoms with Crippen molar-refractivity contribution < 1.29 is 0 Å². The smallest absolute Gasteiger partial charge is 0.0539 e. The molecule has 0 heterocycles. The lowest BCUT2D eigenvalue weighted by molar-refractivity contribution is 0.552. The maximum absolute atomic E-state index is 6.21. The van der Waals surface area contributed by atoms with E-state index in [-0.39, 0.29) is 0 Å². The van der Waals surface area contributed by atoms with Gasteiger partial charge in [0.05, 0.1) is 6.04 Å². The van der Waals surface area contributed by atoms with Gasteiger partial charge in [0.2, 0.25) is 0 Å². The molecule has 0 fully saturated rings. The van der Waals surface area contributed by atoms with Gasteiger partial charge in [-0.2, -0.15) is 0 Å². The molecule has 0 radical (unpaired) electrons. The zero-order chi connectivity index (χ0) is 14.4. The number of benzene rings is 1. The average Bonchev–Trinajstić information content (AvgIpc) is 2.40. The molecule has 2 heteroatoms. The van der Waals surface area contributed by atoms with Crippen molar-refractivity contribution in [2.45, 2.75) is 58.4 Å². The molecule has 1 nitrogen and oxygen atoms in total. The van der Waals surface area contributed by atoms with Crippen molar-refractivity contribution in [1.82, 2.24) is 5.32 Å². The molecule has 1 aliphatic carbocycles. The minimum atomic E-state index is 0.330. The topological polar surface area (TPSA) is 12.0 Å². The van der Waals surface area contributed by atoms with Crippen LogP contribution in [0.15, 0.2) is 29.8 Å². The van der Waals surface area contributed by atoms with Crippen molar-refractivity contribution in [2.75, 3.05) is 6.54 Å². The van der Waals surface area contributed by atoms with Crippen molar-refractivity contribution in [3.05, 3.63) is 46.0 Å². The molecule has 20 heavy (non-hydrogen) atoms. The molecule has 0 bridgehead atoms. The SMILES string of the molecule is CCNC(/C1=C/CCCCCC1)c1cc(Cl)ccc1C. The van der Waals surface area contributed by atoms with E-state index in [0.29, 0.717) is 6.04 Å². The Balaban J connectivity index is 2.31. The fraction of sp³-hybridized carbons (Fsp3) is 0.556. The largest absolute Gasteiger partial charge is 0.307 e. The third kappa shape index (κ3) is 4.10. The van der Waals surface area contributed by atoms with Crippen LogP contribution in [0.25, 0.3) is 0 Å². The van der Waals surface area contributed by atoms with Crippen LogP contribution in [0.4, 0.5) is 0 Å². The van der Waals surface area contributed by atoms with Crippen molar-refractivity contribution in [3.8, 4) is 0 Å². The highest BCUT2D eigenvalue weighted by Gasteiger charge is 2.18. The monoisotopic (exact) mass is 291 g/mol. The molecule has 0 aliphatic heterocycles. The first-order valence-corrected chi connectivity index (χ1v) is 8.28. The molecule has 1 aliphatic rings. The summed E-state index contributed by atoms with van der Waals surface area (Å²) in [6.45, 7) is 5.34. The Morgan fingerprint density at radius 3 is 2.80 bits per heavy atom. The van der Waals surface area contributed by atoms with Gasteiger partial charge in [0.15, 0.2) is 0 Å². The minimum Gasteiger partial charge on any atom is -0.307 e. The van der Waals surface area contributed by atoms with Crippen molar-refractivity contribution in [2.24, 2.45) is 0 Å². The van der Waals surface area contributed by atoms with E-state index >= 15 is 0 Å². The highest BCUT2D eigenvalue weighted by molar-refractivity contribution is 6.30. The minimum absolute atomic E-state index is 0.330. The third-order valence-corrected chi connectivity index (χ3v) is 4.39. The Morgan fingerprint density at radius 1 is 1.20 bits per heavy atom. The lowest BCUT2D eigenvalue weighted by Crippen LogP contribution is -2.24. The number of likely N-dealkylation sites (N-methyl/N-ethyl adjacent to an activating group) is 1. The molecular weight excluding hydrogens is 266 g/mol. The zero-order valence-corrected chi connectivity index (χ0v) is 13.5. The van der Waals surface area contributed by atoms with Crippen LogP contribution in [-0.2, 0) is 0 Å². The highest BCUT2D eigenvalue weighted by atomic mass is 35.5. The third-order valence-electron chi connectivity index (χ3n) is 4.16. The Bertz CT molecular complexity index is 464. The van der Waals surface area contributed by atoms with Gasteiger partial charge in [0.1, 0.15) is 0 Å². The van der Waals surface area contributed by atoms with Gasteiger partial charge in [0.25, 0.3) is 0 Å². The van der Waals surface area contributed by atoms with Crippen molar-refractivity contribution in [1.29, 1.82) is 0 Å². The number of halogens is 1. The van der Waals surface area contributed by atoms with Crippen LogP contribution in [0.2, 0.25) is 5.02 Å². The van der Waals surface area contributed by atoms with E-state index in [4.69, 9.17) is 11.6 Å². The van der Waals surface area contributed by atoms with Crippen molar-refractivity contribution in [3.63, 3.8) is 0 Å². The normalized spacial score (nSPS) is 20.6. The van der Waals surface area contributed by atoms with Gasteiger partial charge in [-0.15, -0.1) is 0 Å². The predicted molar refractivity (Wildman–Crippen MR) is 88.4 cm³/mol. The van der Waals surface area contributed by atoms with Gasteiger partial charge in [-0.3, -0.25) is 0 Å². The van der Waals surface area contributed by atoms with Crippen LogP contribution < -0.4 is 5.32 Å². The van der Waals surface area contributed by atoms with Gasteiger partial charge >= 0.3 is 0 Å². The Hall–Kier alpha value is -0.790. The summed E-state index contributed by atoms with van der Waals surface area (Å²) < 4.78 is 0. The molecule has 0 aromatic heterocycles. The molecule has 1 unspecified atom stereocenters. The van der Waals surface area contributed by atoms with E-state index < -0.39 is 0 Å². The molecule has 0 spiro atoms. The summed E-state index contributed by atoms with van der Waals surface area (Å²) in [5.41, 5.74) is 4.21. The predicted octanol–water partition coefficient (Wildman–Crippen LogP) is 5.58. The first-order chi connectivity index (χ1) is 9.72. The van der Waals surface area contributed by atoms with Crippen LogP contribution in [0.1, 0.15) is 62.6 Å². The summed E-state index contributed by atoms with van der Waals surface area (Å²) in [4.78, 5) is 0. The van der Waals surface area contributed by atoms with Crippen LogP contribution in [0.3, 0.4) is 0 Å². The summed E-state index contributed by atoms with van der Waals surface area (Å²) in [5, 5.41) is 4.49. The number of aryl methyl sites for hydroxylation is 1. The van der Waals surface area contributed by atoms with Crippen LogP contribution in [-0.4, -0.2) is 6.54 Å². The molecule has 110 valence electrons. The molecule has 1 aromatic rings. The first-order valence-electron chi connectivity index (χ1n) is 7.90. The van der Waals surface area contributed by atoms with Crippen molar-refractivity contribution >= 4 is 11.6 Å². The lowest BCUT2D eigenvalue weighted by atomic mass is 9.89. The van der Waals surface area contributed by atoms with Crippen LogP contribution in [0, 0.1) is 6.92 Å². The lowest BCUT2D eigenvalue weighted by Gasteiger charge is -2.25. The van der Waals surface area contributed by atoms with Crippen LogP contribution in [0.5, 0.6) is 0 Å². The van der Waals surface area contributed by atoms with Gasteiger partial charge in [-0.25, -0.2) is 0 Å². The summed E-state index contributed by atoms with van der Waals surface area (Å²) in [6, 6.07) is 6.57. The fourth-order valence-corrected chi connectivity index (χ4v) is 3.23. The van der Waals surface area contributed by atoms with E-state index in [2.05, 4.69) is 37.4 Å². The Labute approximate surface area is 128 Å². The first kappa shape index (κ1) is 15.6. The van der Waals surface area contributed by atoms with Crippen LogP contribution >= 0.6 is 11.6 Å². The van der Waals surface area contributed by atoms with E-state index in [1.165, 1.54) is 49.7 Å². The maximum atomic E-state index is 6.21. The summed E-state index contributed by atoms with van der Waals surface area (Å²) in [7, 11) is 0. The van der Waals surface area contributed by atoms with E-state index in [1.807, 2.05) is 6.07 Å². The number of nitrogens with one attached hydrogen (secondary N) is 1. The summed E-state index contributed by atoms with van der Waals surface area (Å²) >= 11 is 6.21. The van der Waals surface area contributed by atoms with E-state index in [9.17, 15) is 0 Å². The molecular formula is C18H26ClN. The second kappa shape index (κ2) is 7.85. The zero-order valence-electron chi connectivity index (χ0n) is 12.7. The fourth-order valence-electron chi connectivity index (χ4n) is 3.05. The molecule has 1 atom stereocenters. The van der Waals surface area contributed by atoms with Gasteiger partial charge in [0, 0.05) is 5.02 Å². The number of hydrogen-bond donors (Lipinski definition) is 1. The second-order valence-corrected chi connectivity index (χ2v) is 6.16. The van der Waals surface area contributed by atoms with E-state index in [0.717, 1.165) is 11.6 Å². The standard InChI is InChI=1S/C18H26ClN/c1-3-20-18(15-9-7-5-4-6-8-10-15)17-13-16(19)12-11-14(17)2/h9,11-13,18,20H,3-8,10H2,1-2H3/b15-9+. The number of hydrogen-bond acceptors (Lipinski definition) is 1. The quantitative estimate of drug-likeness (QED) is 0.714. The summed E-state index contributed by atoms with van der Waals surface area (Å²) in [6.07, 6.45) is 10.3. The maximum Gasteiger partial charge on any atom is 0.0539 e. The number of allylic oxidation sites excluding steroid dienone is 1. The van der Waals surface area contributed by atoms with Gasteiger partial charge in [-0.1, -0.05) is 49.1 Å². The van der Waals surface area contributed by atoms with E-state index in [1.54, 1.807) is 5.57 Å². The molecule has 1 aromatic carbocycles. The average molecular weight is 292 g/mol. The molecule has 0 saturated carbocycles.